The molecule has 3 heterocycles. The molecule has 3 atom stereocenters. The van der Waals surface area contributed by atoms with Crippen molar-refractivity contribution in [2.24, 2.45) is 5.92 Å². The molecule has 0 bridgehead atoms. The van der Waals surface area contributed by atoms with Gasteiger partial charge in [-0.15, -0.1) is 0 Å². The minimum absolute atomic E-state index is 0.138. The van der Waals surface area contributed by atoms with E-state index in [1.807, 2.05) is 31.2 Å². The van der Waals surface area contributed by atoms with Crippen LogP contribution in [0.15, 0.2) is 42.7 Å². The molecule has 0 radical (unpaired) electrons. The normalized spacial score (nSPS) is 23.7. The van der Waals surface area contributed by atoms with Crippen LogP contribution in [0.5, 0.6) is 0 Å². The lowest BCUT2D eigenvalue weighted by molar-refractivity contribution is 0.0914. The highest BCUT2D eigenvalue weighted by Gasteiger charge is 2.36. The molecule has 0 saturated carbocycles. The van der Waals surface area contributed by atoms with Crippen LogP contribution in [0, 0.1) is 12.8 Å². The van der Waals surface area contributed by atoms with Gasteiger partial charge in [-0.3, -0.25) is 9.78 Å². The number of hydrazine groups is 1. The SMILES string of the molecule is CCC1C(NC(=O)c2cccc(C)n2)NNC1c1ccncc1. The molecule has 1 aliphatic rings. The predicted octanol–water partition coefficient (Wildman–Crippen LogP) is 1.72. The molecule has 23 heavy (non-hydrogen) atoms. The molecule has 1 amide bonds. The van der Waals surface area contributed by atoms with Gasteiger partial charge < -0.3 is 5.32 Å². The number of nitrogens with zero attached hydrogens (tertiary/aromatic N) is 2. The first-order chi connectivity index (χ1) is 11.2. The standard InChI is InChI=1S/C17H21N5O/c1-3-13-15(12-7-9-18-10-8-12)21-22-16(13)20-17(23)14-6-4-5-11(2)19-14/h4-10,13,15-16,21-22H,3H2,1-2H3,(H,20,23). The zero-order valence-electron chi connectivity index (χ0n) is 13.3. The van der Waals surface area contributed by atoms with Crippen molar-refractivity contribution in [2.75, 3.05) is 0 Å². The number of aromatic nitrogens is 2. The first kappa shape index (κ1) is 15.6. The van der Waals surface area contributed by atoms with Gasteiger partial charge in [0.15, 0.2) is 0 Å². The van der Waals surface area contributed by atoms with Gasteiger partial charge in [-0.25, -0.2) is 15.8 Å². The summed E-state index contributed by atoms with van der Waals surface area (Å²) in [5.74, 6) is 0.0768. The van der Waals surface area contributed by atoms with Crippen LogP contribution < -0.4 is 16.2 Å². The van der Waals surface area contributed by atoms with Crippen molar-refractivity contribution in [1.29, 1.82) is 0 Å². The predicted molar refractivity (Wildman–Crippen MR) is 87.3 cm³/mol. The molecule has 1 saturated heterocycles. The lowest BCUT2D eigenvalue weighted by atomic mass is 9.91. The Bertz CT molecular complexity index is 676. The fourth-order valence-corrected chi connectivity index (χ4v) is 2.99. The van der Waals surface area contributed by atoms with E-state index in [2.05, 4.69) is 33.1 Å². The van der Waals surface area contributed by atoms with Crippen molar-refractivity contribution in [3.63, 3.8) is 0 Å². The van der Waals surface area contributed by atoms with Crippen molar-refractivity contribution in [3.05, 3.63) is 59.7 Å². The molecule has 3 N–H and O–H groups in total. The molecule has 3 unspecified atom stereocenters. The Balaban J connectivity index is 1.72. The number of nitrogens with one attached hydrogen (secondary N) is 3. The highest BCUT2D eigenvalue weighted by atomic mass is 16.2. The Morgan fingerprint density at radius 2 is 2.00 bits per heavy atom. The van der Waals surface area contributed by atoms with Crippen LogP contribution in [0.2, 0.25) is 0 Å². The lowest BCUT2D eigenvalue weighted by Gasteiger charge is -2.22. The maximum atomic E-state index is 12.4. The summed E-state index contributed by atoms with van der Waals surface area (Å²) < 4.78 is 0. The van der Waals surface area contributed by atoms with Crippen LogP contribution in [0.25, 0.3) is 0 Å². The van der Waals surface area contributed by atoms with E-state index >= 15 is 0 Å². The van der Waals surface area contributed by atoms with E-state index in [4.69, 9.17) is 0 Å². The Kier molecular flexibility index (Phi) is 4.64. The highest BCUT2D eigenvalue weighted by molar-refractivity contribution is 5.92. The summed E-state index contributed by atoms with van der Waals surface area (Å²) in [5.41, 5.74) is 8.90. The summed E-state index contributed by atoms with van der Waals surface area (Å²) in [7, 11) is 0. The minimum Gasteiger partial charge on any atom is -0.334 e. The number of carbonyl (C=O) groups is 1. The Hall–Kier alpha value is -2.31. The summed E-state index contributed by atoms with van der Waals surface area (Å²) in [4.78, 5) is 20.7. The number of pyridine rings is 2. The third-order valence-electron chi connectivity index (χ3n) is 4.19. The third-order valence-corrected chi connectivity index (χ3v) is 4.19. The first-order valence-electron chi connectivity index (χ1n) is 7.84. The summed E-state index contributed by atoms with van der Waals surface area (Å²) in [6.45, 7) is 4.00. The number of hydrogen-bond donors (Lipinski definition) is 3. The summed E-state index contributed by atoms with van der Waals surface area (Å²) in [6, 6.07) is 9.57. The first-order valence-corrected chi connectivity index (χ1v) is 7.84. The smallest absolute Gasteiger partial charge is 0.271 e. The van der Waals surface area contributed by atoms with E-state index < -0.39 is 0 Å². The Labute approximate surface area is 135 Å². The Morgan fingerprint density at radius 1 is 1.22 bits per heavy atom. The average molecular weight is 311 g/mol. The van der Waals surface area contributed by atoms with Crippen LogP contribution in [0.4, 0.5) is 0 Å². The molecule has 0 aliphatic carbocycles. The van der Waals surface area contributed by atoms with Crippen LogP contribution in [-0.4, -0.2) is 22.0 Å². The fraction of sp³-hybridized carbons (Fsp3) is 0.353. The average Bonchev–Trinajstić information content (AvgIpc) is 2.98. The van der Waals surface area contributed by atoms with Crippen LogP contribution in [-0.2, 0) is 0 Å². The van der Waals surface area contributed by atoms with Gasteiger partial charge in [0, 0.05) is 24.0 Å². The topological polar surface area (TPSA) is 78.9 Å². The highest BCUT2D eigenvalue weighted by Crippen LogP contribution is 2.29. The van der Waals surface area contributed by atoms with Gasteiger partial charge in [0.25, 0.3) is 5.91 Å². The third kappa shape index (κ3) is 3.38. The van der Waals surface area contributed by atoms with Crippen LogP contribution >= 0.6 is 0 Å². The molecule has 120 valence electrons. The zero-order valence-corrected chi connectivity index (χ0v) is 13.3. The second-order valence-electron chi connectivity index (χ2n) is 5.73. The van der Waals surface area contributed by atoms with Gasteiger partial charge in [0.1, 0.15) is 5.69 Å². The molecule has 3 rings (SSSR count). The minimum atomic E-state index is -0.165. The van der Waals surface area contributed by atoms with Crippen molar-refractivity contribution >= 4 is 5.91 Å². The van der Waals surface area contributed by atoms with Gasteiger partial charge in [-0.1, -0.05) is 13.0 Å². The number of aryl methyl sites for hydroxylation is 1. The van der Waals surface area contributed by atoms with Gasteiger partial charge >= 0.3 is 0 Å². The number of carbonyl (C=O) groups excluding carboxylic acids is 1. The van der Waals surface area contributed by atoms with E-state index in [1.165, 1.54) is 0 Å². The van der Waals surface area contributed by atoms with E-state index in [-0.39, 0.29) is 24.0 Å². The maximum absolute atomic E-state index is 12.4. The van der Waals surface area contributed by atoms with E-state index in [0.29, 0.717) is 5.69 Å². The van der Waals surface area contributed by atoms with Crippen molar-refractivity contribution in [1.82, 2.24) is 26.1 Å². The van der Waals surface area contributed by atoms with Gasteiger partial charge in [0.05, 0.1) is 12.2 Å². The largest absolute Gasteiger partial charge is 0.334 e. The second-order valence-corrected chi connectivity index (χ2v) is 5.73. The van der Waals surface area contributed by atoms with Crippen molar-refractivity contribution in [3.8, 4) is 0 Å². The molecule has 2 aromatic rings. The quantitative estimate of drug-likeness (QED) is 0.801. The number of amides is 1. The van der Waals surface area contributed by atoms with Gasteiger partial charge in [0.2, 0.25) is 0 Å². The van der Waals surface area contributed by atoms with Crippen molar-refractivity contribution in [2.45, 2.75) is 32.5 Å². The number of hydrogen-bond acceptors (Lipinski definition) is 5. The van der Waals surface area contributed by atoms with E-state index in [0.717, 1.165) is 17.7 Å². The maximum Gasteiger partial charge on any atom is 0.271 e. The monoisotopic (exact) mass is 311 g/mol. The number of rotatable bonds is 4. The second kappa shape index (κ2) is 6.85. The Morgan fingerprint density at radius 3 is 2.70 bits per heavy atom. The molecular weight excluding hydrogens is 290 g/mol. The lowest BCUT2D eigenvalue weighted by Crippen LogP contribution is -2.47. The molecule has 1 fully saturated rings. The molecule has 2 aromatic heterocycles. The molecule has 0 spiro atoms. The van der Waals surface area contributed by atoms with Crippen molar-refractivity contribution < 1.29 is 4.79 Å². The summed E-state index contributed by atoms with van der Waals surface area (Å²) in [6.07, 6.45) is 4.35. The summed E-state index contributed by atoms with van der Waals surface area (Å²) >= 11 is 0. The molecule has 1 aliphatic heterocycles. The molecule has 0 aromatic carbocycles. The van der Waals surface area contributed by atoms with E-state index in [1.54, 1.807) is 18.5 Å². The zero-order chi connectivity index (χ0) is 16.2. The molecule has 6 heteroatoms. The van der Waals surface area contributed by atoms with Crippen LogP contribution in [0.3, 0.4) is 0 Å². The summed E-state index contributed by atoms with van der Waals surface area (Å²) in [5, 5.41) is 3.03. The molecule has 6 nitrogen and oxygen atoms in total. The van der Waals surface area contributed by atoms with Crippen LogP contribution in [0.1, 0.15) is 41.1 Å². The van der Waals surface area contributed by atoms with Gasteiger partial charge in [-0.2, -0.15) is 0 Å². The van der Waals surface area contributed by atoms with Gasteiger partial charge in [-0.05, 0) is 43.2 Å². The fourth-order valence-electron chi connectivity index (χ4n) is 2.99. The molecular formula is C17H21N5O. The van der Waals surface area contributed by atoms with E-state index in [9.17, 15) is 4.79 Å².